The third-order valence-electron chi connectivity index (χ3n) is 3.71. The average Bonchev–Trinajstić information content (AvgIpc) is 2.89. The standard InChI is InChI=1S/C17H18S/c1-3-8-14(9-4-1)16-12-7-13-17(16)18-15-10-5-2-6-11-15/h1-6,8-11,16-17H,7,12-13H2/t16-,17+/m0/s1. The van der Waals surface area contributed by atoms with Crippen LogP contribution in [0.1, 0.15) is 30.7 Å². The van der Waals surface area contributed by atoms with Gasteiger partial charge in [-0.1, -0.05) is 55.0 Å². The molecule has 1 aliphatic carbocycles. The Morgan fingerprint density at radius 3 is 2.17 bits per heavy atom. The maximum Gasteiger partial charge on any atom is 0.0163 e. The van der Waals surface area contributed by atoms with E-state index in [4.69, 9.17) is 0 Å². The van der Waals surface area contributed by atoms with E-state index in [1.165, 1.54) is 29.7 Å². The van der Waals surface area contributed by atoms with Crippen LogP contribution >= 0.6 is 11.8 Å². The molecule has 0 amide bonds. The van der Waals surface area contributed by atoms with Crippen molar-refractivity contribution in [1.82, 2.24) is 0 Å². The van der Waals surface area contributed by atoms with E-state index in [-0.39, 0.29) is 0 Å². The maximum atomic E-state index is 2.29. The molecule has 2 aromatic rings. The van der Waals surface area contributed by atoms with Crippen LogP contribution in [0.4, 0.5) is 0 Å². The van der Waals surface area contributed by atoms with Crippen LogP contribution in [0.15, 0.2) is 65.6 Å². The zero-order valence-electron chi connectivity index (χ0n) is 10.5. The molecule has 0 saturated heterocycles. The second-order valence-electron chi connectivity index (χ2n) is 4.92. The minimum atomic E-state index is 0.733. The summed E-state index contributed by atoms with van der Waals surface area (Å²) in [7, 11) is 0. The summed E-state index contributed by atoms with van der Waals surface area (Å²) in [6.45, 7) is 0. The molecule has 1 saturated carbocycles. The Morgan fingerprint density at radius 1 is 0.778 bits per heavy atom. The summed E-state index contributed by atoms with van der Waals surface area (Å²) in [6, 6.07) is 21.8. The van der Waals surface area contributed by atoms with E-state index in [1.54, 1.807) is 0 Å². The zero-order valence-corrected chi connectivity index (χ0v) is 11.3. The van der Waals surface area contributed by atoms with Crippen molar-refractivity contribution in [3.8, 4) is 0 Å². The molecule has 1 fully saturated rings. The highest BCUT2D eigenvalue weighted by atomic mass is 32.2. The lowest BCUT2D eigenvalue weighted by Crippen LogP contribution is -2.07. The van der Waals surface area contributed by atoms with Crippen LogP contribution in [-0.2, 0) is 0 Å². The van der Waals surface area contributed by atoms with Gasteiger partial charge >= 0.3 is 0 Å². The van der Waals surface area contributed by atoms with Gasteiger partial charge < -0.3 is 0 Å². The smallest absolute Gasteiger partial charge is 0.0163 e. The molecular weight excluding hydrogens is 236 g/mol. The monoisotopic (exact) mass is 254 g/mol. The van der Waals surface area contributed by atoms with Crippen LogP contribution in [0.25, 0.3) is 0 Å². The highest BCUT2D eigenvalue weighted by Gasteiger charge is 2.29. The fraction of sp³-hybridized carbons (Fsp3) is 0.294. The van der Waals surface area contributed by atoms with Crippen LogP contribution in [0.5, 0.6) is 0 Å². The number of hydrogen-bond acceptors (Lipinski definition) is 1. The van der Waals surface area contributed by atoms with Crippen LogP contribution in [-0.4, -0.2) is 5.25 Å². The van der Waals surface area contributed by atoms with E-state index in [2.05, 4.69) is 72.4 Å². The summed E-state index contributed by atoms with van der Waals surface area (Å²) in [6.07, 6.45) is 4.05. The summed E-state index contributed by atoms with van der Waals surface area (Å²) in [5.74, 6) is 0.733. The van der Waals surface area contributed by atoms with Crippen LogP contribution in [0.2, 0.25) is 0 Å². The maximum absolute atomic E-state index is 2.29. The Hall–Kier alpha value is -1.21. The normalized spacial score (nSPS) is 23.1. The molecule has 0 aliphatic heterocycles. The van der Waals surface area contributed by atoms with E-state index in [1.807, 2.05) is 0 Å². The second kappa shape index (κ2) is 5.62. The largest absolute Gasteiger partial charge is 0.122 e. The van der Waals surface area contributed by atoms with Gasteiger partial charge in [-0.05, 0) is 36.5 Å². The zero-order chi connectivity index (χ0) is 12.2. The van der Waals surface area contributed by atoms with Crippen molar-refractivity contribution in [2.45, 2.75) is 35.3 Å². The van der Waals surface area contributed by atoms with Gasteiger partial charge in [-0.15, -0.1) is 11.8 Å². The molecule has 0 heterocycles. The Labute approximate surface area is 113 Å². The quantitative estimate of drug-likeness (QED) is 0.733. The minimum absolute atomic E-state index is 0.733. The molecule has 0 bridgehead atoms. The van der Waals surface area contributed by atoms with E-state index in [0.717, 1.165) is 11.2 Å². The number of hydrogen-bond donors (Lipinski definition) is 0. The van der Waals surface area contributed by atoms with Crippen molar-refractivity contribution in [2.75, 3.05) is 0 Å². The second-order valence-corrected chi connectivity index (χ2v) is 6.23. The first-order chi connectivity index (χ1) is 8.93. The Morgan fingerprint density at radius 2 is 1.44 bits per heavy atom. The summed E-state index contributed by atoms with van der Waals surface area (Å²) < 4.78 is 0. The molecule has 2 atom stereocenters. The van der Waals surface area contributed by atoms with Crippen LogP contribution in [0.3, 0.4) is 0 Å². The van der Waals surface area contributed by atoms with Crippen molar-refractivity contribution >= 4 is 11.8 Å². The van der Waals surface area contributed by atoms with Gasteiger partial charge in [-0.3, -0.25) is 0 Å². The summed E-state index contributed by atoms with van der Waals surface area (Å²) >= 11 is 2.05. The minimum Gasteiger partial charge on any atom is -0.122 e. The highest BCUT2D eigenvalue weighted by molar-refractivity contribution is 8.00. The predicted octanol–water partition coefficient (Wildman–Crippen LogP) is 5.12. The molecule has 2 aromatic carbocycles. The lowest BCUT2D eigenvalue weighted by Gasteiger charge is -2.19. The molecule has 1 heteroatoms. The molecular formula is C17H18S. The molecule has 3 rings (SSSR count). The number of rotatable bonds is 3. The fourth-order valence-electron chi connectivity index (χ4n) is 2.82. The third-order valence-corrected chi connectivity index (χ3v) is 5.12. The highest BCUT2D eigenvalue weighted by Crippen LogP contribution is 2.44. The molecule has 0 N–H and O–H groups in total. The molecule has 18 heavy (non-hydrogen) atoms. The van der Waals surface area contributed by atoms with Crippen molar-refractivity contribution in [1.29, 1.82) is 0 Å². The first-order valence-corrected chi connectivity index (χ1v) is 7.58. The predicted molar refractivity (Wildman–Crippen MR) is 79.1 cm³/mol. The Balaban J connectivity index is 1.76. The van der Waals surface area contributed by atoms with Crippen molar-refractivity contribution in [3.05, 3.63) is 66.2 Å². The van der Waals surface area contributed by atoms with Gasteiger partial charge in [-0.2, -0.15) is 0 Å². The Bertz CT molecular complexity index is 477. The van der Waals surface area contributed by atoms with Gasteiger partial charge in [-0.25, -0.2) is 0 Å². The first kappa shape index (κ1) is 11.9. The molecule has 0 nitrogen and oxygen atoms in total. The van der Waals surface area contributed by atoms with E-state index in [0.29, 0.717) is 0 Å². The van der Waals surface area contributed by atoms with Gasteiger partial charge in [0, 0.05) is 10.1 Å². The molecule has 0 aromatic heterocycles. The molecule has 0 radical (unpaired) electrons. The summed E-state index contributed by atoms with van der Waals surface area (Å²) in [4.78, 5) is 1.41. The Kier molecular flexibility index (Phi) is 3.70. The number of benzene rings is 2. The first-order valence-electron chi connectivity index (χ1n) is 6.70. The van der Waals surface area contributed by atoms with Gasteiger partial charge in [0.05, 0.1) is 0 Å². The summed E-state index contributed by atoms with van der Waals surface area (Å²) in [5, 5.41) is 0.745. The molecule has 0 spiro atoms. The van der Waals surface area contributed by atoms with Crippen molar-refractivity contribution < 1.29 is 0 Å². The van der Waals surface area contributed by atoms with Gasteiger partial charge in [0.2, 0.25) is 0 Å². The summed E-state index contributed by atoms with van der Waals surface area (Å²) in [5.41, 5.74) is 1.52. The van der Waals surface area contributed by atoms with E-state index < -0.39 is 0 Å². The average molecular weight is 254 g/mol. The van der Waals surface area contributed by atoms with Gasteiger partial charge in [0.1, 0.15) is 0 Å². The topological polar surface area (TPSA) is 0 Å². The number of thioether (sulfide) groups is 1. The van der Waals surface area contributed by atoms with Crippen LogP contribution in [0, 0.1) is 0 Å². The van der Waals surface area contributed by atoms with Gasteiger partial charge in [0.25, 0.3) is 0 Å². The SMILES string of the molecule is c1ccc(S[C@@H]2CCC[C@H]2c2ccccc2)cc1. The molecule has 1 aliphatic rings. The van der Waals surface area contributed by atoms with E-state index in [9.17, 15) is 0 Å². The lowest BCUT2D eigenvalue weighted by atomic mass is 9.98. The van der Waals surface area contributed by atoms with Crippen molar-refractivity contribution in [2.24, 2.45) is 0 Å². The van der Waals surface area contributed by atoms with Crippen LogP contribution < -0.4 is 0 Å². The molecule has 0 unspecified atom stereocenters. The fourth-order valence-corrected chi connectivity index (χ4v) is 4.23. The van der Waals surface area contributed by atoms with E-state index >= 15 is 0 Å². The lowest BCUT2D eigenvalue weighted by molar-refractivity contribution is 0.736. The molecule has 92 valence electrons. The third kappa shape index (κ3) is 2.62. The van der Waals surface area contributed by atoms with Crippen molar-refractivity contribution in [3.63, 3.8) is 0 Å². The van der Waals surface area contributed by atoms with Gasteiger partial charge in [0.15, 0.2) is 0 Å².